The lowest BCUT2D eigenvalue weighted by molar-refractivity contribution is 0.270. The van der Waals surface area contributed by atoms with Gasteiger partial charge in [-0.1, -0.05) is 25.1 Å². The third-order valence-corrected chi connectivity index (χ3v) is 4.45. The average Bonchev–Trinajstić information content (AvgIpc) is 2.64. The number of rotatable bonds is 6. The van der Waals surface area contributed by atoms with Crippen molar-refractivity contribution in [3.05, 3.63) is 48.0 Å². The molecule has 0 radical (unpaired) electrons. The van der Waals surface area contributed by atoms with Gasteiger partial charge >= 0.3 is 0 Å². The fourth-order valence-electron chi connectivity index (χ4n) is 2.94. The fraction of sp³-hybridized carbons (Fsp3) is 0.444. The van der Waals surface area contributed by atoms with Crippen LogP contribution in [0.3, 0.4) is 0 Å². The highest BCUT2D eigenvalue weighted by atomic mass is 19.1. The van der Waals surface area contributed by atoms with Crippen molar-refractivity contribution < 1.29 is 4.39 Å². The van der Waals surface area contributed by atoms with E-state index < -0.39 is 0 Å². The Morgan fingerprint density at radius 3 is 2.67 bits per heavy atom. The Labute approximate surface area is 142 Å². The van der Waals surface area contributed by atoms with Gasteiger partial charge in [-0.05, 0) is 24.6 Å². The predicted molar refractivity (Wildman–Crippen MR) is 95.0 cm³/mol. The summed E-state index contributed by atoms with van der Waals surface area (Å²) in [6.45, 7) is 8.03. The van der Waals surface area contributed by atoms with E-state index in [-0.39, 0.29) is 5.82 Å². The van der Waals surface area contributed by atoms with Crippen LogP contribution < -0.4 is 10.2 Å². The minimum absolute atomic E-state index is 0.156. The quantitative estimate of drug-likeness (QED) is 0.882. The molecule has 1 saturated heterocycles. The number of aromatic nitrogens is 2. The van der Waals surface area contributed by atoms with Crippen LogP contribution in [-0.4, -0.2) is 54.1 Å². The molecule has 0 unspecified atom stereocenters. The molecule has 5 nitrogen and oxygen atoms in total. The SMILES string of the molecule is CCN1CCN(c2cc(NCCc3ccccc3F)ncn2)CC1. The summed E-state index contributed by atoms with van der Waals surface area (Å²) in [7, 11) is 0. The maximum absolute atomic E-state index is 13.6. The van der Waals surface area contributed by atoms with Crippen LogP contribution in [-0.2, 0) is 6.42 Å². The van der Waals surface area contributed by atoms with Gasteiger partial charge in [-0.15, -0.1) is 0 Å². The number of hydrogen-bond acceptors (Lipinski definition) is 5. The van der Waals surface area contributed by atoms with Crippen molar-refractivity contribution in [1.82, 2.24) is 14.9 Å². The van der Waals surface area contributed by atoms with E-state index in [1.807, 2.05) is 18.2 Å². The number of hydrogen-bond donors (Lipinski definition) is 1. The molecule has 1 aliphatic heterocycles. The van der Waals surface area contributed by atoms with Crippen molar-refractivity contribution in [2.75, 3.05) is 49.5 Å². The summed E-state index contributed by atoms with van der Waals surface area (Å²) in [5.41, 5.74) is 0.718. The van der Waals surface area contributed by atoms with Crippen molar-refractivity contribution in [3.8, 4) is 0 Å². The highest BCUT2D eigenvalue weighted by Crippen LogP contribution is 2.16. The van der Waals surface area contributed by atoms with Crippen molar-refractivity contribution >= 4 is 11.6 Å². The summed E-state index contributed by atoms with van der Waals surface area (Å²) in [4.78, 5) is 13.4. The molecule has 1 N–H and O–H groups in total. The zero-order valence-electron chi connectivity index (χ0n) is 14.1. The molecule has 1 aromatic heterocycles. The Morgan fingerprint density at radius 2 is 1.92 bits per heavy atom. The number of benzene rings is 1. The van der Waals surface area contributed by atoms with Crippen LogP contribution in [0.2, 0.25) is 0 Å². The zero-order chi connectivity index (χ0) is 16.8. The summed E-state index contributed by atoms with van der Waals surface area (Å²) in [6.07, 6.45) is 2.22. The number of nitrogens with one attached hydrogen (secondary N) is 1. The van der Waals surface area contributed by atoms with Crippen molar-refractivity contribution in [2.45, 2.75) is 13.3 Å². The second-order valence-corrected chi connectivity index (χ2v) is 5.95. The summed E-state index contributed by atoms with van der Waals surface area (Å²) in [6, 6.07) is 8.85. The molecule has 0 bridgehead atoms. The molecule has 0 atom stereocenters. The van der Waals surface area contributed by atoms with Gasteiger partial charge < -0.3 is 15.1 Å². The van der Waals surface area contributed by atoms with Gasteiger partial charge in [-0.25, -0.2) is 14.4 Å². The Bertz CT molecular complexity index is 655. The maximum Gasteiger partial charge on any atom is 0.134 e. The number of piperazine rings is 1. The third-order valence-electron chi connectivity index (χ3n) is 4.45. The Kier molecular flexibility index (Phi) is 5.59. The molecule has 24 heavy (non-hydrogen) atoms. The molecule has 1 aromatic carbocycles. The summed E-state index contributed by atoms with van der Waals surface area (Å²) in [5.74, 6) is 1.58. The number of anilines is 2. The average molecular weight is 329 g/mol. The van der Waals surface area contributed by atoms with Gasteiger partial charge in [-0.2, -0.15) is 0 Å². The Hall–Kier alpha value is -2.21. The molecule has 2 heterocycles. The molecular weight excluding hydrogens is 305 g/mol. The topological polar surface area (TPSA) is 44.3 Å². The predicted octanol–water partition coefficient (Wildman–Crippen LogP) is 2.41. The number of nitrogens with zero attached hydrogens (tertiary/aromatic N) is 4. The normalized spacial score (nSPS) is 15.5. The van der Waals surface area contributed by atoms with Gasteiger partial charge in [-0.3, -0.25) is 0 Å². The molecule has 1 fully saturated rings. The summed E-state index contributed by atoms with van der Waals surface area (Å²) >= 11 is 0. The Morgan fingerprint density at radius 1 is 1.12 bits per heavy atom. The largest absolute Gasteiger partial charge is 0.370 e. The first-order valence-electron chi connectivity index (χ1n) is 8.53. The lowest BCUT2D eigenvalue weighted by Gasteiger charge is -2.34. The van der Waals surface area contributed by atoms with E-state index >= 15 is 0 Å². The van der Waals surface area contributed by atoms with E-state index in [0.29, 0.717) is 13.0 Å². The summed E-state index contributed by atoms with van der Waals surface area (Å²) < 4.78 is 13.6. The van der Waals surface area contributed by atoms with Gasteiger partial charge in [0.15, 0.2) is 0 Å². The van der Waals surface area contributed by atoms with Gasteiger partial charge in [0.2, 0.25) is 0 Å². The molecule has 2 aromatic rings. The monoisotopic (exact) mass is 329 g/mol. The van der Waals surface area contributed by atoms with Crippen LogP contribution in [0.5, 0.6) is 0 Å². The molecule has 0 aliphatic carbocycles. The number of halogens is 1. The molecule has 1 aliphatic rings. The van der Waals surface area contributed by atoms with Crippen molar-refractivity contribution in [1.29, 1.82) is 0 Å². The third kappa shape index (κ3) is 4.20. The highest BCUT2D eigenvalue weighted by molar-refractivity contribution is 5.48. The molecule has 6 heteroatoms. The second kappa shape index (κ2) is 8.06. The first-order valence-corrected chi connectivity index (χ1v) is 8.53. The van der Waals surface area contributed by atoms with E-state index in [4.69, 9.17) is 0 Å². The van der Waals surface area contributed by atoms with Gasteiger partial charge in [0.05, 0.1) is 0 Å². The second-order valence-electron chi connectivity index (χ2n) is 5.95. The molecule has 0 saturated carbocycles. The lowest BCUT2D eigenvalue weighted by Crippen LogP contribution is -2.46. The van der Waals surface area contributed by atoms with Crippen molar-refractivity contribution in [3.63, 3.8) is 0 Å². The first kappa shape index (κ1) is 16.6. The van der Waals surface area contributed by atoms with E-state index in [2.05, 4.69) is 32.0 Å². The van der Waals surface area contributed by atoms with E-state index in [1.165, 1.54) is 6.07 Å². The number of likely N-dealkylation sites (N-methyl/N-ethyl adjacent to an activating group) is 1. The standard InChI is InChI=1S/C18H24FN5/c1-2-23-9-11-24(12-10-23)18-13-17(21-14-22-18)20-8-7-15-5-3-4-6-16(15)19/h3-6,13-14H,2,7-12H2,1H3,(H,20,21,22). The van der Waals surface area contributed by atoms with Crippen LogP contribution in [0.25, 0.3) is 0 Å². The minimum Gasteiger partial charge on any atom is -0.370 e. The molecular formula is C18H24FN5. The van der Waals surface area contributed by atoms with Crippen LogP contribution in [0.1, 0.15) is 12.5 Å². The molecule has 0 spiro atoms. The van der Waals surface area contributed by atoms with Crippen LogP contribution in [0.15, 0.2) is 36.7 Å². The van der Waals surface area contributed by atoms with Gasteiger partial charge in [0, 0.05) is 38.8 Å². The van der Waals surface area contributed by atoms with Crippen LogP contribution in [0, 0.1) is 5.82 Å². The maximum atomic E-state index is 13.6. The van der Waals surface area contributed by atoms with Gasteiger partial charge in [0.1, 0.15) is 23.8 Å². The van der Waals surface area contributed by atoms with Crippen molar-refractivity contribution in [2.24, 2.45) is 0 Å². The zero-order valence-corrected chi connectivity index (χ0v) is 14.1. The molecule has 0 amide bonds. The fourth-order valence-corrected chi connectivity index (χ4v) is 2.94. The minimum atomic E-state index is -0.156. The highest BCUT2D eigenvalue weighted by Gasteiger charge is 2.17. The lowest BCUT2D eigenvalue weighted by atomic mass is 10.1. The van der Waals surface area contributed by atoms with Crippen LogP contribution in [0.4, 0.5) is 16.0 Å². The molecule has 3 rings (SSSR count). The van der Waals surface area contributed by atoms with E-state index in [0.717, 1.165) is 49.9 Å². The summed E-state index contributed by atoms with van der Waals surface area (Å²) in [5, 5.41) is 3.26. The van der Waals surface area contributed by atoms with E-state index in [1.54, 1.807) is 12.4 Å². The molecule has 128 valence electrons. The van der Waals surface area contributed by atoms with E-state index in [9.17, 15) is 4.39 Å². The smallest absolute Gasteiger partial charge is 0.134 e. The van der Waals surface area contributed by atoms with Gasteiger partial charge in [0.25, 0.3) is 0 Å². The Balaban J connectivity index is 1.55. The first-order chi connectivity index (χ1) is 11.8. The van der Waals surface area contributed by atoms with Crippen LogP contribution >= 0.6 is 0 Å².